The highest BCUT2D eigenvalue weighted by atomic mass is 32.2. The topological polar surface area (TPSA) is 67.5 Å². The van der Waals surface area contributed by atoms with Crippen LogP contribution in [0.5, 0.6) is 0 Å². The number of nitrogens with zero attached hydrogens (tertiary/aromatic N) is 2. The van der Waals surface area contributed by atoms with E-state index in [4.69, 9.17) is 12.2 Å². The molecule has 0 spiro atoms. The molecule has 112 valence electrons. The van der Waals surface area contributed by atoms with E-state index in [0.717, 1.165) is 11.3 Å². The lowest BCUT2D eigenvalue weighted by Crippen LogP contribution is -2.11. The van der Waals surface area contributed by atoms with E-state index in [1.54, 1.807) is 18.3 Å². The van der Waals surface area contributed by atoms with E-state index in [-0.39, 0.29) is 5.69 Å². The van der Waals surface area contributed by atoms with Crippen molar-refractivity contribution in [1.82, 2.24) is 5.43 Å². The number of hydrazone groups is 1. The van der Waals surface area contributed by atoms with Gasteiger partial charge in [-0.05, 0) is 23.3 Å². The molecular formula is C15H13N3O2S2. The van der Waals surface area contributed by atoms with Crippen molar-refractivity contribution in [2.24, 2.45) is 5.10 Å². The number of non-ortho nitro benzene ring substituents is 1. The highest BCUT2D eigenvalue weighted by Gasteiger charge is 2.02. The fourth-order valence-corrected chi connectivity index (χ4v) is 2.43. The molecular weight excluding hydrogens is 318 g/mol. The van der Waals surface area contributed by atoms with E-state index in [9.17, 15) is 10.1 Å². The summed E-state index contributed by atoms with van der Waals surface area (Å²) < 4.78 is 0.571. The van der Waals surface area contributed by atoms with Crippen molar-refractivity contribution in [3.8, 4) is 0 Å². The molecule has 0 heterocycles. The molecule has 22 heavy (non-hydrogen) atoms. The molecule has 7 heteroatoms. The monoisotopic (exact) mass is 331 g/mol. The van der Waals surface area contributed by atoms with Gasteiger partial charge in [-0.2, -0.15) is 5.10 Å². The largest absolute Gasteiger partial charge is 0.269 e. The van der Waals surface area contributed by atoms with Crippen molar-refractivity contribution >= 4 is 40.2 Å². The van der Waals surface area contributed by atoms with Crippen molar-refractivity contribution in [2.45, 2.75) is 5.75 Å². The second kappa shape index (κ2) is 8.26. The third kappa shape index (κ3) is 5.27. The molecule has 0 atom stereocenters. The summed E-state index contributed by atoms with van der Waals surface area (Å²) in [7, 11) is 0. The number of hydrogen-bond acceptors (Lipinski definition) is 5. The molecule has 1 N–H and O–H groups in total. The van der Waals surface area contributed by atoms with Gasteiger partial charge in [0.2, 0.25) is 0 Å². The second-order valence-electron chi connectivity index (χ2n) is 4.28. The summed E-state index contributed by atoms with van der Waals surface area (Å²) in [5.41, 5.74) is 4.77. The summed E-state index contributed by atoms with van der Waals surface area (Å²) in [6.45, 7) is 0. The molecule has 0 amide bonds. The quantitative estimate of drug-likeness (QED) is 0.391. The lowest BCUT2D eigenvalue weighted by Gasteiger charge is -2.02. The molecule has 0 bridgehead atoms. The van der Waals surface area contributed by atoms with Crippen LogP contribution >= 0.6 is 24.0 Å². The first-order valence-corrected chi connectivity index (χ1v) is 7.79. The molecule has 5 nitrogen and oxygen atoms in total. The molecule has 2 aromatic rings. The van der Waals surface area contributed by atoms with Gasteiger partial charge in [0, 0.05) is 17.9 Å². The van der Waals surface area contributed by atoms with Crippen LogP contribution < -0.4 is 5.43 Å². The number of hydrogen-bond donors (Lipinski definition) is 1. The van der Waals surface area contributed by atoms with Crippen molar-refractivity contribution in [3.63, 3.8) is 0 Å². The van der Waals surface area contributed by atoms with Gasteiger partial charge >= 0.3 is 0 Å². The van der Waals surface area contributed by atoms with Gasteiger partial charge in [-0.15, -0.1) is 0 Å². The highest BCUT2D eigenvalue weighted by molar-refractivity contribution is 8.22. The Balaban J connectivity index is 1.79. The van der Waals surface area contributed by atoms with Crippen molar-refractivity contribution < 1.29 is 4.92 Å². The molecule has 0 radical (unpaired) electrons. The summed E-state index contributed by atoms with van der Waals surface area (Å²) in [6, 6.07) is 16.1. The second-order valence-corrected chi connectivity index (χ2v) is 5.93. The summed E-state index contributed by atoms with van der Waals surface area (Å²) in [4.78, 5) is 10.1. The van der Waals surface area contributed by atoms with Gasteiger partial charge in [0.1, 0.15) is 0 Å². The number of thioether (sulfide) groups is 1. The Morgan fingerprint density at radius 1 is 1.23 bits per heavy atom. The Hall–Kier alpha value is -2.25. The standard InChI is InChI=1S/C15H13N3O2S2/c19-18(20)14-8-6-12(7-9-14)10-16-17-15(21)22-11-13-4-2-1-3-5-13/h1-10H,11H2,(H,17,21)/b16-10+. The molecule has 0 aromatic heterocycles. The minimum absolute atomic E-state index is 0.0547. The van der Waals surface area contributed by atoms with E-state index in [0.29, 0.717) is 4.32 Å². The van der Waals surface area contributed by atoms with E-state index in [1.165, 1.54) is 29.5 Å². The van der Waals surface area contributed by atoms with Crippen molar-refractivity contribution in [3.05, 3.63) is 75.8 Å². The smallest absolute Gasteiger partial charge is 0.262 e. The summed E-state index contributed by atoms with van der Waals surface area (Å²) in [6.07, 6.45) is 1.57. The third-order valence-corrected chi connectivity index (χ3v) is 3.96. The van der Waals surface area contributed by atoms with Gasteiger partial charge in [0.15, 0.2) is 4.32 Å². The van der Waals surface area contributed by atoms with Crippen LogP contribution in [-0.2, 0) is 5.75 Å². The Kier molecular flexibility index (Phi) is 6.05. The van der Waals surface area contributed by atoms with Crippen LogP contribution in [0.25, 0.3) is 0 Å². The predicted molar refractivity (Wildman–Crippen MR) is 94.2 cm³/mol. The van der Waals surface area contributed by atoms with Crippen LogP contribution in [0.2, 0.25) is 0 Å². The Labute approximate surface area is 137 Å². The van der Waals surface area contributed by atoms with Gasteiger partial charge in [-0.25, -0.2) is 0 Å². The van der Waals surface area contributed by atoms with Crippen LogP contribution in [-0.4, -0.2) is 15.5 Å². The van der Waals surface area contributed by atoms with Crippen LogP contribution in [0.1, 0.15) is 11.1 Å². The first-order valence-electron chi connectivity index (χ1n) is 6.39. The average Bonchev–Trinajstić information content (AvgIpc) is 2.54. The zero-order valence-electron chi connectivity index (χ0n) is 11.5. The molecule has 0 saturated heterocycles. The number of nitro groups is 1. The van der Waals surface area contributed by atoms with E-state index in [2.05, 4.69) is 10.5 Å². The fourth-order valence-electron chi connectivity index (χ4n) is 1.60. The summed E-state index contributed by atoms with van der Waals surface area (Å²) in [5, 5.41) is 14.6. The molecule has 0 saturated carbocycles. The van der Waals surface area contributed by atoms with Gasteiger partial charge in [0.05, 0.1) is 11.1 Å². The maximum absolute atomic E-state index is 10.5. The van der Waals surface area contributed by atoms with E-state index in [1.807, 2.05) is 30.3 Å². The molecule has 0 fully saturated rings. The first-order chi connectivity index (χ1) is 10.6. The minimum Gasteiger partial charge on any atom is -0.262 e. The SMILES string of the molecule is O=[N+]([O-])c1ccc(/C=N/NC(=S)SCc2ccccc2)cc1. The number of benzene rings is 2. The fraction of sp³-hybridized carbons (Fsp3) is 0.0667. The maximum Gasteiger partial charge on any atom is 0.269 e. The zero-order valence-corrected chi connectivity index (χ0v) is 13.1. The maximum atomic E-state index is 10.5. The lowest BCUT2D eigenvalue weighted by atomic mass is 10.2. The Morgan fingerprint density at radius 2 is 1.91 bits per heavy atom. The summed E-state index contributed by atoms with van der Waals surface area (Å²) >= 11 is 6.66. The lowest BCUT2D eigenvalue weighted by molar-refractivity contribution is -0.384. The van der Waals surface area contributed by atoms with Gasteiger partial charge < -0.3 is 0 Å². The minimum atomic E-state index is -0.436. The van der Waals surface area contributed by atoms with Gasteiger partial charge in [-0.3, -0.25) is 15.5 Å². The van der Waals surface area contributed by atoms with E-state index >= 15 is 0 Å². The molecule has 2 rings (SSSR count). The third-order valence-electron chi connectivity index (χ3n) is 2.69. The number of thiocarbonyl (C=S) groups is 1. The van der Waals surface area contributed by atoms with Crippen LogP contribution in [0.15, 0.2) is 59.7 Å². The highest BCUT2D eigenvalue weighted by Crippen LogP contribution is 2.13. The summed E-state index contributed by atoms with van der Waals surface area (Å²) in [5.74, 6) is 0.778. The van der Waals surface area contributed by atoms with Crippen LogP contribution in [0.4, 0.5) is 5.69 Å². The first kappa shape index (κ1) is 16.1. The molecule has 0 unspecified atom stereocenters. The van der Waals surface area contributed by atoms with E-state index < -0.39 is 4.92 Å². The molecule has 2 aromatic carbocycles. The van der Waals surface area contributed by atoms with Crippen molar-refractivity contribution in [2.75, 3.05) is 0 Å². The molecule has 0 aliphatic rings. The van der Waals surface area contributed by atoms with Crippen LogP contribution in [0, 0.1) is 10.1 Å². The number of nitro benzene ring substituents is 1. The number of rotatable bonds is 5. The van der Waals surface area contributed by atoms with Gasteiger partial charge in [0.25, 0.3) is 5.69 Å². The average molecular weight is 331 g/mol. The Morgan fingerprint density at radius 3 is 2.55 bits per heavy atom. The normalized spacial score (nSPS) is 10.5. The zero-order chi connectivity index (χ0) is 15.8. The van der Waals surface area contributed by atoms with Crippen LogP contribution in [0.3, 0.4) is 0 Å². The molecule has 0 aliphatic carbocycles. The number of nitrogens with one attached hydrogen (secondary N) is 1. The molecule has 0 aliphatic heterocycles. The van der Waals surface area contributed by atoms with Crippen molar-refractivity contribution in [1.29, 1.82) is 0 Å². The predicted octanol–water partition coefficient (Wildman–Crippen LogP) is 3.74. The Bertz CT molecular complexity index is 673. The van der Waals surface area contributed by atoms with Gasteiger partial charge in [-0.1, -0.05) is 54.3 Å².